The first-order valence-electron chi connectivity index (χ1n) is 10.5. The first-order valence-corrected chi connectivity index (χ1v) is 11.9. The molecular formula is C24H26ClN3O3S. The summed E-state index contributed by atoms with van der Waals surface area (Å²) in [6.07, 6.45) is 3.97. The summed E-state index contributed by atoms with van der Waals surface area (Å²) in [7, 11) is 0. The van der Waals surface area contributed by atoms with Gasteiger partial charge in [-0.3, -0.25) is 4.79 Å². The first kappa shape index (κ1) is 24.1. The van der Waals surface area contributed by atoms with Crippen LogP contribution in [-0.2, 0) is 17.6 Å². The van der Waals surface area contributed by atoms with Crippen molar-refractivity contribution in [1.29, 1.82) is 5.26 Å². The number of nitrogens with one attached hydrogen (secondary N) is 1. The largest absolute Gasteiger partial charge is 0.478 e. The molecule has 168 valence electrons. The fourth-order valence-corrected chi connectivity index (χ4v) is 4.86. The molecule has 1 aromatic carbocycles. The summed E-state index contributed by atoms with van der Waals surface area (Å²) in [6, 6.07) is 8.44. The standard InChI is InChI=1S/C24H26ClN3O3S/c1-4-24(2,3)16-5-8-20-14(10-16)9-15(12-26)22(28-20)32-13-21(29)27-17-6-7-19(25)18(11-17)23(30)31/h6-7,9,11,16H,4-5,8,10,13H2,1-3H3,(H,27,29)(H,30,31). The van der Waals surface area contributed by atoms with Gasteiger partial charge in [-0.1, -0.05) is 50.6 Å². The van der Waals surface area contributed by atoms with Gasteiger partial charge in [0.1, 0.15) is 11.1 Å². The van der Waals surface area contributed by atoms with Crippen LogP contribution in [0.2, 0.25) is 5.02 Å². The molecule has 6 nitrogen and oxygen atoms in total. The third-order valence-electron chi connectivity index (χ3n) is 6.31. The number of thioether (sulfide) groups is 1. The fourth-order valence-electron chi connectivity index (χ4n) is 3.89. The van der Waals surface area contributed by atoms with E-state index in [1.165, 1.54) is 23.9 Å². The second-order valence-corrected chi connectivity index (χ2v) is 10.0. The Bertz CT molecular complexity index is 1090. The number of hydrogen-bond acceptors (Lipinski definition) is 5. The minimum Gasteiger partial charge on any atom is -0.478 e. The maximum Gasteiger partial charge on any atom is 0.337 e. The third kappa shape index (κ3) is 5.43. The maximum atomic E-state index is 12.4. The van der Waals surface area contributed by atoms with Gasteiger partial charge in [-0.2, -0.15) is 5.26 Å². The molecule has 0 saturated carbocycles. The van der Waals surface area contributed by atoms with E-state index >= 15 is 0 Å². The summed E-state index contributed by atoms with van der Waals surface area (Å²) in [5, 5.41) is 22.1. The van der Waals surface area contributed by atoms with Gasteiger partial charge in [0.2, 0.25) is 5.91 Å². The van der Waals surface area contributed by atoms with Crippen molar-refractivity contribution in [3.05, 3.63) is 51.7 Å². The molecule has 3 rings (SSSR count). The van der Waals surface area contributed by atoms with Crippen molar-refractivity contribution >= 4 is 40.9 Å². The molecule has 0 aliphatic heterocycles. The van der Waals surface area contributed by atoms with E-state index in [-0.39, 0.29) is 27.7 Å². The second-order valence-electron chi connectivity index (χ2n) is 8.68. The summed E-state index contributed by atoms with van der Waals surface area (Å²) < 4.78 is 0. The van der Waals surface area contributed by atoms with Crippen molar-refractivity contribution < 1.29 is 14.7 Å². The van der Waals surface area contributed by atoms with Crippen molar-refractivity contribution in [2.45, 2.75) is 51.5 Å². The Balaban J connectivity index is 1.70. The number of fused-ring (bicyclic) bond motifs is 1. The molecule has 2 N–H and O–H groups in total. The quantitative estimate of drug-likeness (QED) is 0.511. The molecule has 1 atom stereocenters. The van der Waals surface area contributed by atoms with Crippen LogP contribution in [0.4, 0.5) is 5.69 Å². The predicted molar refractivity (Wildman–Crippen MR) is 126 cm³/mol. The number of benzene rings is 1. The van der Waals surface area contributed by atoms with Gasteiger partial charge in [-0.15, -0.1) is 0 Å². The Morgan fingerprint density at radius 3 is 2.78 bits per heavy atom. The molecule has 1 aromatic heterocycles. The molecule has 0 bridgehead atoms. The highest BCUT2D eigenvalue weighted by atomic mass is 35.5. The normalized spacial score (nSPS) is 15.5. The topological polar surface area (TPSA) is 103 Å². The van der Waals surface area contributed by atoms with Crippen LogP contribution in [0, 0.1) is 22.7 Å². The Labute approximate surface area is 197 Å². The highest BCUT2D eigenvalue weighted by molar-refractivity contribution is 8.00. The predicted octanol–water partition coefficient (Wildman–Crippen LogP) is 5.58. The number of aromatic nitrogens is 1. The number of amides is 1. The van der Waals surface area contributed by atoms with Crippen molar-refractivity contribution in [3.8, 4) is 6.07 Å². The molecule has 0 saturated heterocycles. The third-order valence-corrected chi connectivity index (χ3v) is 7.63. The molecule has 32 heavy (non-hydrogen) atoms. The number of halogens is 1. The van der Waals surface area contributed by atoms with Gasteiger partial charge in [0.25, 0.3) is 0 Å². The number of aryl methyl sites for hydroxylation is 1. The molecule has 1 heterocycles. The number of nitriles is 1. The zero-order chi connectivity index (χ0) is 23.5. The highest BCUT2D eigenvalue weighted by Crippen LogP contribution is 2.40. The lowest BCUT2D eigenvalue weighted by Crippen LogP contribution is -2.29. The summed E-state index contributed by atoms with van der Waals surface area (Å²) in [5.74, 6) is -0.867. The number of carboxylic acid groups (broad SMARTS) is 1. The number of nitrogens with zero attached hydrogens (tertiary/aromatic N) is 2. The average Bonchev–Trinajstić information content (AvgIpc) is 2.77. The molecule has 0 fully saturated rings. The number of rotatable bonds is 7. The first-order chi connectivity index (χ1) is 15.1. The van der Waals surface area contributed by atoms with Crippen molar-refractivity contribution in [3.63, 3.8) is 0 Å². The lowest BCUT2D eigenvalue weighted by atomic mass is 9.69. The molecule has 1 aliphatic carbocycles. The van der Waals surface area contributed by atoms with Crippen molar-refractivity contribution in [2.24, 2.45) is 11.3 Å². The van der Waals surface area contributed by atoms with E-state index in [1.54, 1.807) is 6.07 Å². The van der Waals surface area contributed by atoms with Crippen LogP contribution in [0.5, 0.6) is 0 Å². The average molecular weight is 472 g/mol. The summed E-state index contributed by atoms with van der Waals surface area (Å²) in [6.45, 7) is 6.81. The van der Waals surface area contributed by atoms with Crippen LogP contribution in [-0.4, -0.2) is 27.7 Å². The summed E-state index contributed by atoms with van der Waals surface area (Å²) >= 11 is 7.07. The van der Waals surface area contributed by atoms with Gasteiger partial charge in [-0.25, -0.2) is 9.78 Å². The van der Waals surface area contributed by atoms with Crippen LogP contribution >= 0.6 is 23.4 Å². The van der Waals surface area contributed by atoms with Gasteiger partial charge in [-0.05, 0) is 60.4 Å². The number of carbonyl (C=O) groups excluding carboxylic acids is 1. The molecule has 0 spiro atoms. The Morgan fingerprint density at radius 2 is 2.12 bits per heavy atom. The van der Waals surface area contributed by atoms with Crippen LogP contribution < -0.4 is 5.32 Å². The van der Waals surface area contributed by atoms with E-state index < -0.39 is 5.97 Å². The minimum absolute atomic E-state index is 0.0526. The molecular weight excluding hydrogens is 446 g/mol. The van der Waals surface area contributed by atoms with Crippen LogP contribution in [0.25, 0.3) is 0 Å². The number of carbonyl (C=O) groups is 2. The number of hydrogen-bond donors (Lipinski definition) is 2. The lowest BCUT2D eigenvalue weighted by molar-refractivity contribution is -0.113. The fraction of sp³-hybridized carbons (Fsp3) is 0.417. The van der Waals surface area contributed by atoms with E-state index in [0.717, 1.165) is 36.9 Å². The lowest BCUT2D eigenvalue weighted by Gasteiger charge is -2.37. The van der Waals surface area contributed by atoms with Crippen LogP contribution in [0.1, 0.15) is 60.8 Å². The number of aromatic carboxylic acids is 1. The molecule has 1 amide bonds. The van der Waals surface area contributed by atoms with E-state index in [2.05, 4.69) is 32.2 Å². The van der Waals surface area contributed by atoms with Gasteiger partial charge < -0.3 is 10.4 Å². The second kappa shape index (κ2) is 9.93. The molecule has 0 radical (unpaired) electrons. The van der Waals surface area contributed by atoms with E-state index in [1.807, 2.05) is 6.07 Å². The minimum atomic E-state index is -1.16. The zero-order valence-corrected chi connectivity index (χ0v) is 19.9. The Morgan fingerprint density at radius 1 is 1.38 bits per heavy atom. The van der Waals surface area contributed by atoms with Crippen molar-refractivity contribution in [2.75, 3.05) is 11.1 Å². The summed E-state index contributed by atoms with van der Waals surface area (Å²) in [5.41, 5.74) is 3.15. The van der Waals surface area contributed by atoms with Gasteiger partial charge in [0.15, 0.2) is 0 Å². The number of anilines is 1. The molecule has 8 heteroatoms. The van der Waals surface area contributed by atoms with E-state index in [9.17, 15) is 14.9 Å². The zero-order valence-electron chi connectivity index (χ0n) is 18.4. The molecule has 1 unspecified atom stereocenters. The Hall–Kier alpha value is -2.56. The van der Waals surface area contributed by atoms with Gasteiger partial charge >= 0.3 is 5.97 Å². The van der Waals surface area contributed by atoms with E-state index in [4.69, 9.17) is 21.7 Å². The molecule has 1 aliphatic rings. The van der Waals surface area contributed by atoms with Gasteiger partial charge in [0, 0.05) is 11.4 Å². The van der Waals surface area contributed by atoms with Gasteiger partial charge in [0.05, 0.1) is 21.9 Å². The highest BCUT2D eigenvalue weighted by Gasteiger charge is 2.32. The smallest absolute Gasteiger partial charge is 0.337 e. The summed E-state index contributed by atoms with van der Waals surface area (Å²) in [4.78, 5) is 28.3. The number of pyridine rings is 1. The molecule has 2 aromatic rings. The van der Waals surface area contributed by atoms with Crippen LogP contribution in [0.3, 0.4) is 0 Å². The SMILES string of the molecule is CCC(C)(C)C1CCc2nc(SCC(=O)Nc3ccc(Cl)c(C(=O)O)c3)c(C#N)cc2C1. The van der Waals surface area contributed by atoms with E-state index in [0.29, 0.717) is 22.2 Å². The monoisotopic (exact) mass is 471 g/mol. The number of carboxylic acids is 1. The van der Waals surface area contributed by atoms with Crippen LogP contribution in [0.15, 0.2) is 29.3 Å². The Kier molecular flexibility index (Phi) is 7.47. The maximum absolute atomic E-state index is 12.4. The van der Waals surface area contributed by atoms with Crippen molar-refractivity contribution in [1.82, 2.24) is 4.98 Å².